The topological polar surface area (TPSA) is 137 Å². The second kappa shape index (κ2) is 16.2. The van der Waals surface area contributed by atoms with E-state index in [2.05, 4.69) is 15.5 Å². The van der Waals surface area contributed by atoms with Crippen LogP contribution in [0, 0.1) is 5.82 Å². The number of ketones is 1. The first-order chi connectivity index (χ1) is 26.5. The number of rotatable bonds is 8. The smallest absolute Gasteiger partial charge is 0.410 e. The number of nitrogens with zero attached hydrogens (tertiary/aromatic N) is 6. The molecule has 292 valence electrons. The van der Waals surface area contributed by atoms with Gasteiger partial charge in [-0.05, 0) is 123 Å². The highest BCUT2D eigenvalue weighted by molar-refractivity contribution is 6.31. The molecule has 0 fully saturated rings. The van der Waals surface area contributed by atoms with Crippen LogP contribution in [-0.4, -0.2) is 84.6 Å². The SMILES string of the molecule is CC(C)(C)OC(=O)c1ccc(CC(=O)C2c3cccc(C4=CCN(C(=O)OC(C)(C)C)CC4)c3CCN2C(=O)/C=C/c2c(-n3cnnn3)ccc(Cl)c2F)cc1. The van der Waals surface area contributed by atoms with E-state index in [1.165, 1.54) is 40.2 Å². The van der Waals surface area contributed by atoms with Gasteiger partial charge in [-0.15, -0.1) is 5.10 Å². The third-order valence-electron chi connectivity index (χ3n) is 9.28. The van der Waals surface area contributed by atoms with Crippen molar-refractivity contribution in [1.82, 2.24) is 30.0 Å². The van der Waals surface area contributed by atoms with Crippen LogP contribution >= 0.6 is 11.6 Å². The minimum Gasteiger partial charge on any atom is -0.456 e. The normalized spacial score (nSPS) is 16.0. The first-order valence-corrected chi connectivity index (χ1v) is 18.7. The van der Waals surface area contributed by atoms with E-state index in [0.29, 0.717) is 42.6 Å². The van der Waals surface area contributed by atoms with E-state index in [0.717, 1.165) is 16.7 Å². The van der Waals surface area contributed by atoms with Crippen LogP contribution in [0.15, 0.2) is 73.1 Å². The van der Waals surface area contributed by atoms with Gasteiger partial charge in [-0.2, -0.15) is 4.68 Å². The lowest BCUT2D eigenvalue weighted by Gasteiger charge is -2.37. The zero-order valence-corrected chi connectivity index (χ0v) is 33.0. The molecule has 14 heteroatoms. The van der Waals surface area contributed by atoms with E-state index in [1.54, 1.807) is 49.9 Å². The van der Waals surface area contributed by atoms with E-state index >= 15 is 4.39 Å². The number of benzene rings is 3. The molecule has 2 aliphatic rings. The van der Waals surface area contributed by atoms with Gasteiger partial charge in [0, 0.05) is 37.7 Å². The average Bonchev–Trinajstić information content (AvgIpc) is 3.68. The second-order valence-corrected chi connectivity index (χ2v) is 16.1. The molecular weight excluding hydrogens is 739 g/mol. The highest BCUT2D eigenvalue weighted by Crippen LogP contribution is 2.38. The van der Waals surface area contributed by atoms with Crippen LogP contribution in [0.3, 0.4) is 0 Å². The minimum absolute atomic E-state index is 0.00420. The predicted molar refractivity (Wildman–Crippen MR) is 208 cm³/mol. The number of fused-ring (bicyclic) bond motifs is 1. The van der Waals surface area contributed by atoms with Crippen molar-refractivity contribution in [2.45, 2.75) is 78.0 Å². The summed E-state index contributed by atoms with van der Waals surface area (Å²) < 4.78 is 27.7. The van der Waals surface area contributed by atoms with E-state index in [1.807, 2.05) is 45.0 Å². The van der Waals surface area contributed by atoms with Gasteiger partial charge in [-0.3, -0.25) is 9.59 Å². The minimum atomic E-state index is -0.980. The Hall–Kier alpha value is -5.69. The summed E-state index contributed by atoms with van der Waals surface area (Å²) >= 11 is 6.13. The predicted octanol–water partition coefficient (Wildman–Crippen LogP) is 7.39. The van der Waals surface area contributed by atoms with Crippen LogP contribution in [0.2, 0.25) is 5.02 Å². The van der Waals surface area contributed by atoms with Crippen LogP contribution in [0.25, 0.3) is 17.3 Å². The number of hydrogen-bond donors (Lipinski definition) is 0. The molecule has 1 unspecified atom stereocenters. The van der Waals surface area contributed by atoms with Gasteiger partial charge in [0.1, 0.15) is 23.6 Å². The lowest BCUT2D eigenvalue weighted by atomic mass is 9.82. The van der Waals surface area contributed by atoms with Gasteiger partial charge in [0.25, 0.3) is 0 Å². The molecule has 0 spiro atoms. The molecule has 1 aromatic heterocycles. The standard InChI is InChI=1S/C42H44ClFN6O6/c1-41(2,3)55-39(53)28-12-10-26(11-13-28)24-35(51)38-31-9-7-8-29(27-18-21-48(22-19-27)40(54)56-42(4,5)6)30(31)20-23-49(38)36(52)17-14-32-34(50-25-45-46-47-50)16-15-33(43)37(32)44/h7-18,25,38H,19-24H2,1-6H3/b17-14+. The Bertz CT molecular complexity index is 2210. The number of amides is 2. The molecule has 0 aliphatic carbocycles. The largest absolute Gasteiger partial charge is 0.456 e. The molecule has 12 nitrogen and oxygen atoms in total. The summed E-state index contributed by atoms with van der Waals surface area (Å²) in [5.74, 6) is -1.98. The molecule has 0 bridgehead atoms. The number of esters is 1. The van der Waals surface area contributed by atoms with Crippen LogP contribution in [-0.2, 0) is 31.9 Å². The monoisotopic (exact) mass is 782 g/mol. The molecule has 0 radical (unpaired) electrons. The van der Waals surface area contributed by atoms with Gasteiger partial charge >= 0.3 is 12.1 Å². The Kier molecular flexibility index (Phi) is 11.6. The summed E-state index contributed by atoms with van der Waals surface area (Å²) in [7, 11) is 0. The second-order valence-electron chi connectivity index (χ2n) is 15.7. The zero-order chi connectivity index (χ0) is 40.4. The highest BCUT2D eigenvalue weighted by atomic mass is 35.5. The van der Waals surface area contributed by atoms with Crippen molar-refractivity contribution < 1.29 is 33.0 Å². The molecule has 1 atom stereocenters. The van der Waals surface area contributed by atoms with Crippen molar-refractivity contribution in [1.29, 1.82) is 0 Å². The average molecular weight is 783 g/mol. The molecule has 3 aromatic carbocycles. The van der Waals surface area contributed by atoms with Gasteiger partial charge in [0.05, 0.1) is 16.3 Å². The number of tetrazole rings is 1. The Labute approximate surface area is 329 Å². The van der Waals surface area contributed by atoms with Crippen molar-refractivity contribution in [2.24, 2.45) is 0 Å². The van der Waals surface area contributed by atoms with E-state index < -0.39 is 34.9 Å². The Morgan fingerprint density at radius 3 is 2.30 bits per heavy atom. The molecule has 56 heavy (non-hydrogen) atoms. The summed E-state index contributed by atoms with van der Waals surface area (Å²) in [5.41, 5.74) is 3.61. The van der Waals surface area contributed by atoms with Crippen LogP contribution in [0.5, 0.6) is 0 Å². The summed E-state index contributed by atoms with van der Waals surface area (Å²) in [6.07, 6.45) is 6.47. The Morgan fingerprint density at radius 1 is 0.929 bits per heavy atom. The molecular formula is C42H44ClFN6O6. The number of halogens is 2. The lowest BCUT2D eigenvalue weighted by molar-refractivity contribution is -0.136. The van der Waals surface area contributed by atoms with Crippen molar-refractivity contribution in [3.63, 3.8) is 0 Å². The number of carbonyl (C=O) groups is 4. The van der Waals surface area contributed by atoms with Gasteiger partial charge in [0.15, 0.2) is 11.6 Å². The Balaban J connectivity index is 1.32. The van der Waals surface area contributed by atoms with Crippen molar-refractivity contribution >= 4 is 47.0 Å². The van der Waals surface area contributed by atoms with E-state index in [4.69, 9.17) is 21.1 Å². The van der Waals surface area contributed by atoms with Gasteiger partial charge in [0.2, 0.25) is 5.91 Å². The molecule has 0 saturated heterocycles. The third kappa shape index (κ3) is 9.22. The summed E-state index contributed by atoms with van der Waals surface area (Å²) in [5, 5.41) is 11.0. The molecule has 3 heterocycles. The zero-order valence-electron chi connectivity index (χ0n) is 32.2. The van der Waals surface area contributed by atoms with Crippen LogP contribution in [0.4, 0.5) is 9.18 Å². The fraction of sp³-hybridized carbons (Fsp3) is 0.357. The van der Waals surface area contributed by atoms with E-state index in [9.17, 15) is 19.2 Å². The van der Waals surface area contributed by atoms with Crippen molar-refractivity contribution in [3.05, 3.63) is 117 Å². The quantitative estimate of drug-likeness (QED) is 0.132. The molecule has 6 rings (SSSR count). The number of ether oxygens (including phenoxy) is 2. The van der Waals surface area contributed by atoms with Gasteiger partial charge < -0.3 is 19.3 Å². The van der Waals surface area contributed by atoms with E-state index in [-0.39, 0.29) is 41.1 Å². The fourth-order valence-electron chi connectivity index (χ4n) is 6.79. The molecule has 2 aliphatic heterocycles. The summed E-state index contributed by atoms with van der Waals surface area (Å²) in [6, 6.07) is 14.3. The first-order valence-electron chi connectivity index (χ1n) is 18.3. The van der Waals surface area contributed by atoms with Crippen LogP contribution < -0.4 is 0 Å². The third-order valence-corrected chi connectivity index (χ3v) is 9.57. The first kappa shape index (κ1) is 40.0. The number of Topliss-reactive ketones (excluding diaryl/α,β-unsaturated/α-hetero) is 1. The number of aromatic nitrogens is 4. The maximum Gasteiger partial charge on any atom is 0.410 e. The molecule has 2 amide bonds. The molecule has 4 aromatic rings. The Morgan fingerprint density at radius 2 is 1.66 bits per heavy atom. The lowest BCUT2D eigenvalue weighted by Crippen LogP contribution is -2.43. The molecule has 0 saturated carbocycles. The maximum atomic E-state index is 15.4. The number of carbonyl (C=O) groups excluding carboxylic acids is 4. The molecule has 0 N–H and O–H groups in total. The summed E-state index contributed by atoms with van der Waals surface area (Å²) in [4.78, 5) is 57.2. The fourth-order valence-corrected chi connectivity index (χ4v) is 6.96. The highest BCUT2D eigenvalue weighted by Gasteiger charge is 2.37. The summed E-state index contributed by atoms with van der Waals surface area (Å²) in [6.45, 7) is 11.9. The van der Waals surface area contributed by atoms with Crippen molar-refractivity contribution in [2.75, 3.05) is 19.6 Å². The van der Waals surface area contributed by atoms with Gasteiger partial charge in [-0.25, -0.2) is 14.0 Å². The van der Waals surface area contributed by atoms with Crippen molar-refractivity contribution in [3.8, 4) is 5.69 Å². The van der Waals surface area contributed by atoms with Gasteiger partial charge in [-0.1, -0.05) is 48.0 Å². The van der Waals surface area contributed by atoms with Crippen LogP contribution in [0.1, 0.15) is 92.2 Å². The number of hydrogen-bond acceptors (Lipinski definition) is 9. The maximum absolute atomic E-state index is 15.4.